The van der Waals surface area contributed by atoms with Gasteiger partial charge in [0.05, 0.1) is 19.0 Å². The molecule has 1 atom stereocenters. The van der Waals surface area contributed by atoms with E-state index in [0.29, 0.717) is 17.3 Å². The fourth-order valence-electron chi connectivity index (χ4n) is 4.29. The van der Waals surface area contributed by atoms with E-state index in [1.54, 1.807) is 16.4 Å². The zero-order chi connectivity index (χ0) is 22.4. The number of fused-ring (bicyclic) bond motifs is 3. The van der Waals surface area contributed by atoms with Crippen molar-refractivity contribution in [1.82, 2.24) is 24.8 Å². The fraction of sp³-hybridized carbons (Fsp3) is 0.273. The molecule has 164 valence electrons. The first-order valence-electron chi connectivity index (χ1n) is 10.0. The maximum atomic E-state index is 12.1. The van der Waals surface area contributed by atoms with Crippen LogP contribution in [-0.2, 0) is 23.1 Å². The van der Waals surface area contributed by atoms with Crippen LogP contribution in [0.4, 0.5) is 0 Å². The van der Waals surface area contributed by atoms with E-state index >= 15 is 0 Å². The first-order chi connectivity index (χ1) is 15.5. The summed E-state index contributed by atoms with van der Waals surface area (Å²) in [7, 11) is 3.26. The van der Waals surface area contributed by atoms with Crippen LogP contribution in [0.3, 0.4) is 0 Å². The van der Waals surface area contributed by atoms with Crippen LogP contribution in [0.25, 0.3) is 22.3 Å². The number of hydrogen-bond donors (Lipinski definition) is 0. The lowest BCUT2D eigenvalue weighted by molar-refractivity contribution is -0.141. The molecule has 0 amide bonds. The molecule has 2 aromatic heterocycles. The third-order valence-electron chi connectivity index (χ3n) is 5.75. The van der Waals surface area contributed by atoms with Crippen LogP contribution in [0, 0.1) is 0 Å². The highest BCUT2D eigenvalue weighted by atomic mass is 79.9. The van der Waals surface area contributed by atoms with Crippen molar-refractivity contribution >= 4 is 56.2 Å². The molecule has 0 saturated carbocycles. The SMILES string of the molecule is COC(=O)CC1CCn2c1c(Sc1ccc(Cl)cc1)c1c(Br)cc(-c3nnnn3C)cc12. The second-order valence-electron chi connectivity index (χ2n) is 7.67. The van der Waals surface area contributed by atoms with Crippen LogP contribution in [0.2, 0.25) is 5.02 Å². The number of esters is 1. The predicted octanol–water partition coefficient (Wildman–Crippen LogP) is 5.45. The summed E-state index contributed by atoms with van der Waals surface area (Å²) in [5, 5.41) is 13.7. The van der Waals surface area contributed by atoms with E-state index in [0.717, 1.165) is 43.7 Å². The molecule has 5 rings (SSSR count). The topological polar surface area (TPSA) is 74.8 Å². The third kappa shape index (κ3) is 3.72. The Morgan fingerprint density at radius 2 is 2.09 bits per heavy atom. The molecule has 0 radical (unpaired) electrons. The summed E-state index contributed by atoms with van der Waals surface area (Å²) in [4.78, 5) is 14.4. The molecule has 1 aliphatic heterocycles. The number of carbonyl (C=O) groups is 1. The first-order valence-corrected chi connectivity index (χ1v) is 12.0. The van der Waals surface area contributed by atoms with Crippen molar-refractivity contribution in [3.05, 3.63) is 51.6 Å². The highest BCUT2D eigenvalue weighted by molar-refractivity contribution is 9.10. The number of methoxy groups -OCH3 is 1. The molecule has 1 unspecified atom stereocenters. The average molecular weight is 533 g/mol. The first kappa shape index (κ1) is 21.5. The smallest absolute Gasteiger partial charge is 0.306 e. The van der Waals surface area contributed by atoms with E-state index in [2.05, 4.69) is 42.1 Å². The normalized spacial score (nSPS) is 15.3. The van der Waals surface area contributed by atoms with Gasteiger partial charge >= 0.3 is 5.97 Å². The van der Waals surface area contributed by atoms with E-state index in [1.165, 1.54) is 12.8 Å². The maximum absolute atomic E-state index is 12.1. The van der Waals surface area contributed by atoms with Crippen LogP contribution < -0.4 is 0 Å². The van der Waals surface area contributed by atoms with Crippen molar-refractivity contribution in [2.75, 3.05) is 7.11 Å². The Kier molecular flexibility index (Phi) is 5.73. The third-order valence-corrected chi connectivity index (χ3v) is 7.75. The summed E-state index contributed by atoms with van der Waals surface area (Å²) in [5.74, 6) is 0.594. The summed E-state index contributed by atoms with van der Waals surface area (Å²) in [6, 6.07) is 12.0. The van der Waals surface area contributed by atoms with Gasteiger partial charge in [-0.05, 0) is 53.2 Å². The van der Waals surface area contributed by atoms with Gasteiger partial charge in [-0.15, -0.1) is 5.10 Å². The van der Waals surface area contributed by atoms with Gasteiger partial charge in [-0.3, -0.25) is 4.79 Å². The molecule has 7 nitrogen and oxygen atoms in total. The number of benzene rings is 2. The van der Waals surface area contributed by atoms with Gasteiger partial charge in [0.25, 0.3) is 0 Å². The van der Waals surface area contributed by atoms with Crippen LogP contribution in [0.1, 0.15) is 24.5 Å². The minimum absolute atomic E-state index is 0.0940. The minimum Gasteiger partial charge on any atom is -0.469 e. The Labute approximate surface area is 202 Å². The van der Waals surface area contributed by atoms with Gasteiger partial charge in [0, 0.05) is 55.4 Å². The van der Waals surface area contributed by atoms with Gasteiger partial charge in [0.15, 0.2) is 5.82 Å². The largest absolute Gasteiger partial charge is 0.469 e. The van der Waals surface area contributed by atoms with Crippen molar-refractivity contribution in [3.8, 4) is 11.4 Å². The van der Waals surface area contributed by atoms with E-state index in [9.17, 15) is 4.79 Å². The number of halogens is 2. The standard InChI is InChI=1S/C22H19BrClN5O2S/c1-28-22(25-26-27-28)13-9-16(23)19-17(10-13)29-8-7-12(11-18(30)31-2)20(29)21(19)32-15-5-3-14(24)4-6-15/h3-6,9-10,12H,7-8,11H2,1-2H3. The zero-order valence-electron chi connectivity index (χ0n) is 17.4. The number of aromatic nitrogens is 5. The predicted molar refractivity (Wildman–Crippen MR) is 127 cm³/mol. The second kappa shape index (κ2) is 8.53. The molecule has 0 fully saturated rings. The Morgan fingerprint density at radius 3 is 2.78 bits per heavy atom. The zero-order valence-corrected chi connectivity index (χ0v) is 20.5. The van der Waals surface area contributed by atoms with E-state index in [4.69, 9.17) is 16.3 Å². The van der Waals surface area contributed by atoms with Gasteiger partial charge in [-0.1, -0.05) is 39.3 Å². The van der Waals surface area contributed by atoms with Crippen LogP contribution in [0.5, 0.6) is 0 Å². The number of nitrogens with zero attached hydrogens (tertiary/aromatic N) is 5. The van der Waals surface area contributed by atoms with Gasteiger partial charge in [-0.2, -0.15) is 0 Å². The van der Waals surface area contributed by atoms with Crippen LogP contribution in [0.15, 0.2) is 50.7 Å². The van der Waals surface area contributed by atoms with Crippen molar-refractivity contribution in [3.63, 3.8) is 0 Å². The lowest BCUT2D eigenvalue weighted by atomic mass is 10.00. The molecule has 3 heterocycles. The number of hydrogen-bond acceptors (Lipinski definition) is 6. The van der Waals surface area contributed by atoms with Gasteiger partial charge in [0.1, 0.15) is 0 Å². The quantitative estimate of drug-likeness (QED) is 0.318. The fourth-order valence-corrected chi connectivity index (χ4v) is 6.40. The number of rotatable bonds is 5. The molecule has 10 heteroatoms. The van der Waals surface area contributed by atoms with E-state index < -0.39 is 0 Å². The summed E-state index contributed by atoms with van der Waals surface area (Å²) in [5.41, 5.74) is 3.19. The Morgan fingerprint density at radius 1 is 1.31 bits per heavy atom. The second-order valence-corrected chi connectivity index (χ2v) is 10.0. The lowest BCUT2D eigenvalue weighted by Gasteiger charge is -2.12. The van der Waals surface area contributed by atoms with Crippen molar-refractivity contribution in [2.45, 2.75) is 35.1 Å². The molecule has 0 spiro atoms. The number of tetrazole rings is 1. The summed E-state index contributed by atoms with van der Waals surface area (Å²) < 4.78 is 9.91. The molecule has 0 N–H and O–H groups in total. The molecule has 0 bridgehead atoms. The average Bonchev–Trinajstić information content (AvgIpc) is 3.46. The van der Waals surface area contributed by atoms with Crippen LogP contribution in [-0.4, -0.2) is 37.9 Å². The molecule has 1 aliphatic rings. The van der Waals surface area contributed by atoms with Gasteiger partial charge < -0.3 is 9.30 Å². The van der Waals surface area contributed by atoms with Gasteiger partial charge in [0.2, 0.25) is 0 Å². The van der Waals surface area contributed by atoms with Gasteiger partial charge in [-0.25, -0.2) is 4.68 Å². The summed E-state index contributed by atoms with van der Waals surface area (Å²) >= 11 is 11.6. The Bertz CT molecular complexity index is 1330. The molecule has 32 heavy (non-hydrogen) atoms. The minimum atomic E-state index is -0.193. The molecule has 2 aromatic carbocycles. The lowest BCUT2D eigenvalue weighted by Crippen LogP contribution is -2.07. The highest BCUT2D eigenvalue weighted by Gasteiger charge is 2.33. The summed E-state index contributed by atoms with van der Waals surface area (Å²) in [6.07, 6.45) is 1.25. The Balaban J connectivity index is 1.70. The van der Waals surface area contributed by atoms with Crippen molar-refractivity contribution in [2.24, 2.45) is 7.05 Å². The summed E-state index contributed by atoms with van der Waals surface area (Å²) in [6.45, 7) is 0.835. The van der Waals surface area contributed by atoms with E-state index in [1.807, 2.05) is 37.4 Å². The maximum Gasteiger partial charge on any atom is 0.306 e. The number of ether oxygens (including phenoxy) is 1. The molecular formula is C22H19BrClN5O2S. The molecule has 0 saturated heterocycles. The number of carbonyl (C=O) groups excluding carboxylic acids is 1. The molecular weight excluding hydrogens is 514 g/mol. The molecule has 4 aromatic rings. The Hall–Kier alpha value is -2.36. The molecule has 0 aliphatic carbocycles. The van der Waals surface area contributed by atoms with Crippen molar-refractivity contribution in [1.29, 1.82) is 0 Å². The number of aryl methyl sites for hydroxylation is 2. The van der Waals surface area contributed by atoms with Crippen molar-refractivity contribution < 1.29 is 9.53 Å². The monoisotopic (exact) mass is 531 g/mol. The van der Waals surface area contributed by atoms with Crippen LogP contribution >= 0.6 is 39.3 Å². The highest BCUT2D eigenvalue weighted by Crippen LogP contribution is 2.49. The van der Waals surface area contributed by atoms with E-state index in [-0.39, 0.29) is 11.9 Å².